The minimum Gasteiger partial charge on any atom is -0.449 e. The lowest BCUT2D eigenvalue weighted by Gasteiger charge is -2.10. The molecule has 0 fully saturated rings. The van der Waals surface area contributed by atoms with Gasteiger partial charge >= 0.3 is 6.16 Å². The Labute approximate surface area is 190 Å². The summed E-state index contributed by atoms with van der Waals surface area (Å²) in [6, 6.07) is 20.1. The van der Waals surface area contributed by atoms with Crippen LogP contribution in [0.3, 0.4) is 0 Å². The summed E-state index contributed by atoms with van der Waals surface area (Å²) >= 11 is 0. The van der Waals surface area contributed by atoms with Crippen LogP contribution in [-0.4, -0.2) is 39.1 Å². The average molecular weight is 444 g/mol. The van der Waals surface area contributed by atoms with E-state index >= 15 is 0 Å². The van der Waals surface area contributed by atoms with Crippen LogP contribution in [0.15, 0.2) is 60.7 Å². The van der Waals surface area contributed by atoms with Gasteiger partial charge in [0.25, 0.3) is 0 Å². The Kier molecular flexibility index (Phi) is 5.48. The van der Waals surface area contributed by atoms with Crippen molar-refractivity contribution in [2.24, 2.45) is 0 Å². The highest BCUT2D eigenvalue weighted by Crippen LogP contribution is 2.34. The van der Waals surface area contributed by atoms with Gasteiger partial charge in [-0.25, -0.2) is 9.78 Å². The van der Waals surface area contributed by atoms with E-state index in [9.17, 15) is 4.79 Å². The summed E-state index contributed by atoms with van der Waals surface area (Å²) in [7, 11) is 1.67. The molecule has 0 amide bonds. The van der Waals surface area contributed by atoms with Crippen molar-refractivity contribution in [2.45, 2.75) is 26.4 Å². The molecule has 0 aliphatic carbocycles. The van der Waals surface area contributed by atoms with Crippen LogP contribution in [-0.2, 0) is 17.8 Å². The van der Waals surface area contributed by atoms with E-state index in [0.717, 1.165) is 29.9 Å². The van der Waals surface area contributed by atoms with Gasteiger partial charge in [0.1, 0.15) is 11.6 Å². The van der Waals surface area contributed by atoms with Gasteiger partial charge in [0.2, 0.25) is 0 Å². The van der Waals surface area contributed by atoms with Crippen LogP contribution in [0.25, 0.3) is 44.2 Å². The van der Waals surface area contributed by atoms with Gasteiger partial charge in [-0.15, -0.1) is 0 Å². The molecule has 3 aromatic carbocycles. The van der Waals surface area contributed by atoms with Gasteiger partial charge in [-0.2, -0.15) is 0 Å². The molecule has 1 N–H and O–H groups in total. The standard InChI is InChI=1S/C26H25N3O4/c1-3-12-28-22-7-5-4-6-19(22)20-15-17(8-10-23(20)28)25-27-21-16-18(33-26(30)31)9-11-24(21)29(25)13-14-32-2/h4-11,15-16H,3,12-14H2,1-2H3,(H,30,31). The average Bonchev–Trinajstić information content (AvgIpc) is 3.33. The third-order valence-corrected chi connectivity index (χ3v) is 5.92. The van der Waals surface area contributed by atoms with Gasteiger partial charge < -0.3 is 23.7 Å². The van der Waals surface area contributed by atoms with Crippen molar-refractivity contribution < 1.29 is 19.4 Å². The third kappa shape index (κ3) is 3.70. The first-order chi connectivity index (χ1) is 16.1. The molecule has 5 rings (SSSR count). The lowest BCUT2D eigenvalue weighted by Crippen LogP contribution is -2.06. The molecular formula is C26H25N3O4. The van der Waals surface area contributed by atoms with Gasteiger partial charge in [-0.05, 0) is 42.8 Å². The van der Waals surface area contributed by atoms with Crippen molar-refractivity contribution >= 4 is 39.0 Å². The summed E-state index contributed by atoms with van der Waals surface area (Å²) in [5.74, 6) is 1.06. The highest BCUT2D eigenvalue weighted by atomic mass is 16.7. The molecule has 2 heterocycles. The molecular weight excluding hydrogens is 418 g/mol. The van der Waals surface area contributed by atoms with Crippen LogP contribution in [0.1, 0.15) is 13.3 Å². The number of ether oxygens (including phenoxy) is 2. The highest BCUT2D eigenvalue weighted by molar-refractivity contribution is 6.09. The molecule has 0 bridgehead atoms. The molecule has 0 aliphatic rings. The van der Waals surface area contributed by atoms with Crippen molar-refractivity contribution in [3.63, 3.8) is 0 Å². The van der Waals surface area contributed by atoms with E-state index in [1.54, 1.807) is 19.2 Å². The molecule has 7 heteroatoms. The molecule has 7 nitrogen and oxygen atoms in total. The van der Waals surface area contributed by atoms with Gasteiger partial charge in [-0.1, -0.05) is 25.1 Å². The molecule has 0 spiro atoms. The van der Waals surface area contributed by atoms with Crippen LogP contribution in [0, 0.1) is 0 Å². The monoisotopic (exact) mass is 443 g/mol. The molecule has 0 radical (unpaired) electrons. The highest BCUT2D eigenvalue weighted by Gasteiger charge is 2.17. The van der Waals surface area contributed by atoms with Gasteiger partial charge in [0, 0.05) is 53.6 Å². The Morgan fingerprint density at radius 2 is 1.73 bits per heavy atom. The minimum atomic E-state index is -1.35. The van der Waals surface area contributed by atoms with Gasteiger partial charge in [-0.3, -0.25) is 0 Å². The molecule has 2 aromatic heterocycles. The largest absolute Gasteiger partial charge is 0.511 e. The molecule has 5 aromatic rings. The minimum absolute atomic E-state index is 0.246. The molecule has 0 saturated carbocycles. The van der Waals surface area contributed by atoms with E-state index in [-0.39, 0.29) is 5.75 Å². The second-order valence-corrected chi connectivity index (χ2v) is 8.00. The SMILES string of the molecule is CCCn1c2ccccc2c2cc(-c3nc4cc(OC(=O)O)ccc4n3CCOC)ccc21. The zero-order valence-electron chi connectivity index (χ0n) is 18.6. The van der Waals surface area contributed by atoms with Crippen molar-refractivity contribution in [1.29, 1.82) is 0 Å². The Hall–Kier alpha value is -3.84. The predicted octanol–water partition coefficient (Wildman–Crippen LogP) is 5.92. The second kappa shape index (κ2) is 8.60. The van der Waals surface area contributed by atoms with Crippen LogP contribution in [0.4, 0.5) is 4.79 Å². The summed E-state index contributed by atoms with van der Waals surface area (Å²) < 4.78 is 14.6. The lowest BCUT2D eigenvalue weighted by atomic mass is 10.1. The number of carboxylic acid groups (broad SMARTS) is 1. The van der Waals surface area contributed by atoms with Crippen LogP contribution in [0.2, 0.25) is 0 Å². The number of methoxy groups -OCH3 is 1. The number of nitrogens with zero attached hydrogens (tertiary/aromatic N) is 3. The van der Waals surface area contributed by atoms with Crippen molar-refractivity contribution in [1.82, 2.24) is 14.1 Å². The van der Waals surface area contributed by atoms with E-state index in [4.69, 9.17) is 19.6 Å². The first-order valence-electron chi connectivity index (χ1n) is 11.0. The summed E-state index contributed by atoms with van der Waals surface area (Å²) in [6.07, 6.45) is -0.286. The van der Waals surface area contributed by atoms with Crippen LogP contribution in [0.5, 0.6) is 5.75 Å². The fourth-order valence-corrected chi connectivity index (χ4v) is 4.56. The van der Waals surface area contributed by atoms with Crippen molar-refractivity contribution in [3.05, 3.63) is 60.7 Å². The Morgan fingerprint density at radius 3 is 2.52 bits per heavy atom. The fraction of sp³-hybridized carbons (Fsp3) is 0.231. The topological polar surface area (TPSA) is 78.5 Å². The zero-order valence-corrected chi connectivity index (χ0v) is 18.6. The number of carbonyl (C=O) groups is 1. The number of rotatable bonds is 7. The third-order valence-electron chi connectivity index (χ3n) is 5.92. The Balaban J connectivity index is 1.71. The number of benzene rings is 3. The molecule has 0 aliphatic heterocycles. The lowest BCUT2D eigenvalue weighted by molar-refractivity contribution is 0.144. The Morgan fingerprint density at radius 1 is 0.939 bits per heavy atom. The first kappa shape index (κ1) is 21.0. The number of fused-ring (bicyclic) bond motifs is 4. The summed E-state index contributed by atoms with van der Waals surface area (Å²) in [4.78, 5) is 15.8. The second-order valence-electron chi connectivity index (χ2n) is 8.00. The van der Waals surface area contributed by atoms with Gasteiger partial charge in [0.15, 0.2) is 0 Å². The molecule has 33 heavy (non-hydrogen) atoms. The van der Waals surface area contributed by atoms with E-state index in [2.05, 4.69) is 58.5 Å². The van der Waals surface area contributed by atoms with Crippen LogP contribution >= 0.6 is 0 Å². The smallest absolute Gasteiger partial charge is 0.449 e. The van der Waals surface area contributed by atoms with Gasteiger partial charge in [0.05, 0.1) is 17.6 Å². The van der Waals surface area contributed by atoms with E-state index < -0.39 is 6.16 Å². The maximum atomic E-state index is 11.0. The Bertz CT molecular complexity index is 1480. The predicted molar refractivity (Wildman–Crippen MR) is 129 cm³/mol. The van der Waals surface area contributed by atoms with E-state index in [1.165, 1.54) is 21.8 Å². The summed E-state index contributed by atoms with van der Waals surface area (Å²) in [6.45, 7) is 4.30. The maximum absolute atomic E-state index is 11.0. The van der Waals surface area contributed by atoms with Crippen molar-refractivity contribution in [3.8, 4) is 17.1 Å². The fourth-order valence-electron chi connectivity index (χ4n) is 4.56. The molecule has 0 saturated heterocycles. The maximum Gasteiger partial charge on any atom is 0.511 e. The number of imidazole rings is 1. The number of para-hydroxylation sites is 1. The van der Waals surface area contributed by atoms with E-state index in [0.29, 0.717) is 18.7 Å². The van der Waals surface area contributed by atoms with Crippen LogP contribution < -0.4 is 4.74 Å². The van der Waals surface area contributed by atoms with Crippen molar-refractivity contribution in [2.75, 3.05) is 13.7 Å². The number of hydrogen-bond donors (Lipinski definition) is 1. The zero-order chi connectivity index (χ0) is 22.9. The molecule has 0 unspecified atom stereocenters. The molecule has 0 atom stereocenters. The summed E-state index contributed by atoms with van der Waals surface area (Å²) in [5, 5.41) is 11.4. The number of hydrogen-bond acceptors (Lipinski definition) is 4. The first-order valence-corrected chi connectivity index (χ1v) is 11.0. The molecule has 168 valence electrons. The van der Waals surface area contributed by atoms with E-state index in [1.807, 2.05) is 6.07 Å². The number of aryl methyl sites for hydroxylation is 1. The summed E-state index contributed by atoms with van der Waals surface area (Å²) in [5.41, 5.74) is 5.00. The normalized spacial score (nSPS) is 11.6. The quantitative estimate of drug-likeness (QED) is 0.249. The number of aromatic nitrogens is 3.